The molecule has 0 spiro atoms. The third-order valence-electron chi connectivity index (χ3n) is 4.27. The van der Waals surface area contributed by atoms with Gasteiger partial charge in [-0.2, -0.15) is 0 Å². The van der Waals surface area contributed by atoms with Gasteiger partial charge >= 0.3 is 0 Å². The Bertz CT molecular complexity index is 383. The Labute approximate surface area is 118 Å². The lowest BCUT2D eigenvalue weighted by atomic mass is 9.96. The molecule has 0 bridgehead atoms. The van der Waals surface area contributed by atoms with Gasteiger partial charge < -0.3 is 10.6 Å². The quantitative estimate of drug-likeness (QED) is 0.795. The van der Waals surface area contributed by atoms with Crippen molar-refractivity contribution in [2.24, 2.45) is 5.92 Å². The molecule has 1 unspecified atom stereocenters. The van der Waals surface area contributed by atoms with Crippen molar-refractivity contribution in [1.82, 2.24) is 10.6 Å². The van der Waals surface area contributed by atoms with Crippen LogP contribution in [0.5, 0.6) is 0 Å². The Balaban J connectivity index is 1.76. The van der Waals surface area contributed by atoms with Crippen LogP contribution in [0.4, 0.5) is 0 Å². The summed E-state index contributed by atoms with van der Waals surface area (Å²) in [5.74, 6) is 0.876. The van der Waals surface area contributed by atoms with E-state index in [1.807, 2.05) is 0 Å². The van der Waals surface area contributed by atoms with E-state index in [-0.39, 0.29) is 0 Å². The van der Waals surface area contributed by atoms with Crippen LogP contribution in [-0.2, 0) is 6.54 Å². The minimum Gasteiger partial charge on any atom is -0.316 e. The molecule has 1 fully saturated rings. The van der Waals surface area contributed by atoms with Crippen LogP contribution < -0.4 is 10.6 Å². The summed E-state index contributed by atoms with van der Waals surface area (Å²) in [5.41, 5.74) is 5.69. The second-order valence-corrected chi connectivity index (χ2v) is 6.06. The molecule has 0 amide bonds. The fourth-order valence-corrected chi connectivity index (χ4v) is 3.18. The van der Waals surface area contributed by atoms with Crippen molar-refractivity contribution in [3.05, 3.63) is 34.4 Å². The normalized spacial score (nSPS) is 19.6. The lowest BCUT2D eigenvalue weighted by Crippen LogP contribution is -2.31. The molecule has 1 aromatic carbocycles. The van der Waals surface area contributed by atoms with Crippen LogP contribution in [-0.4, -0.2) is 19.6 Å². The molecule has 0 aromatic heterocycles. The Hall–Kier alpha value is -0.860. The average molecular weight is 260 g/mol. The molecule has 2 rings (SSSR count). The number of aryl methyl sites for hydroxylation is 3. The summed E-state index contributed by atoms with van der Waals surface area (Å²) < 4.78 is 0. The largest absolute Gasteiger partial charge is 0.316 e. The first-order valence-electron chi connectivity index (χ1n) is 7.65. The number of piperidine rings is 1. The van der Waals surface area contributed by atoms with Crippen molar-refractivity contribution in [2.75, 3.05) is 19.6 Å². The zero-order chi connectivity index (χ0) is 13.7. The van der Waals surface area contributed by atoms with Gasteiger partial charge in [-0.3, -0.25) is 0 Å². The van der Waals surface area contributed by atoms with Crippen molar-refractivity contribution in [3.63, 3.8) is 0 Å². The fraction of sp³-hybridized carbons (Fsp3) is 0.647. The van der Waals surface area contributed by atoms with Crippen molar-refractivity contribution in [3.8, 4) is 0 Å². The average Bonchev–Trinajstić information content (AvgIpc) is 2.38. The number of hydrogen-bond acceptors (Lipinski definition) is 2. The van der Waals surface area contributed by atoms with E-state index in [0.29, 0.717) is 0 Å². The topological polar surface area (TPSA) is 24.1 Å². The SMILES string of the molecule is Cc1cc(C)c(CNCCC2CCCNC2)c(C)c1. The molecule has 19 heavy (non-hydrogen) atoms. The van der Waals surface area contributed by atoms with Crippen LogP contribution in [0.3, 0.4) is 0 Å². The van der Waals surface area contributed by atoms with Gasteiger partial charge in [-0.1, -0.05) is 17.7 Å². The van der Waals surface area contributed by atoms with Crippen LogP contribution in [0.1, 0.15) is 41.5 Å². The molecule has 2 nitrogen and oxygen atoms in total. The van der Waals surface area contributed by atoms with Crippen molar-refractivity contribution < 1.29 is 0 Å². The molecule has 2 heteroatoms. The summed E-state index contributed by atoms with van der Waals surface area (Å²) >= 11 is 0. The Morgan fingerprint density at radius 2 is 1.95 bits per heavy atom. The highest BCUT2D eigenvalue weighted by atomic mass is 14.9. The van der Waals surface area contributed by atoms with Gasteiger partial charge in [-0.25, -0.2) is 0 Å². The molecule has 106 valence electrons. The molecular weight excluding hydrogens is 232 g/mol. The molecule has 0 aliphatic carbocycles. The van der Waals surface area contributed by atoms with E-state index < -0.39 is 0 Å². The fourth-order valence-electron chi connectivity index (χ4n) is 3.18. The maximum absolute atomic E-state index is 3.62. The van der Waals surface area contributed by atoms with Crippen molar-refractivity contribution >= 4 is 0 Å². The van der Waals surface area contributed by atoms with Gasteiger partial charge in [-0.15, -0.1) is 0 Å². The summed E-state index contributed by atoms with van der Waals surface area (Å²) in [6, 6.07) is 4.57. The van der Waals surface area contributed by atoms with Gasteiger partial charge in [0, 0.05) is 6.54 Å². The third-order valence-corrected chi connectivity index (χ3v) is 4.27. The molecule has 1 aromatic rings. The van der Waals surface area contributed by atoms with Crippen molar-refractivity contribution in [1.29, 1.82) is 0 Å². The van der Waals surface area contributed by atoms with E-state index in [9.17, 15) is 0 Å². The first kappa shape index (κ1) is 14.5. The molecular formula is C17H28N2. The lowest BCUT2D eigenvalue weighted by Gasteiger charge is -2.22. The highest BCUT2D eigenvalue weighted by Gasteiger charge is 2.12. The van der Waals surface area contributed by atoms with Crippen LogP contribution in [0.2, 0.25) is 0 Å². The van der Waals surface area contributed by atoms with Gasteiger partial charge in [0.1, 0.15) is 0 Å². The van der Waals surface area contributed by atoms with Gasteiger partial charge in [0.05, 0.1) is 0 Å². The number of rotatable bonds is 5. The zero-order valence-corrected chi connectivity index (χ0v) is 12.7. The minimum absolute atomic E-state index is 0.876. The van der Waals surface area contributed by atoms with Gasteiger partial charge in [0.15, 0.2) is 0 Å². The highest BCUT2D eigenvalue weighted by Crippen LogP contribution is 2.17. The smallest absolute Gasteiger partial charge is 0.0210 e. The van der Waals surface area contributed by atoms with E-state index in [0.717, 1.165) is 19.0 Å². The maximum atomic E-state index is 3.62. The molecule has 1 atom stereocenters. The molecule has 2 N–H and O–H groups in total. The molecule has 1 aliphatic heterocycles. The van der Waals surface area contributed by atoms with Gasteiger partial charge in [0.2, 0.25) is 0 Å². The molecule has 1 aliphatic rings. The Morgan fingerprint density at radius 3 is 2.58 bits per heavy atom. The van der Waals surface area contributed by atoms with E-state index in [4.69, 9.17) is 0 Å². The summed E-state index contributed by atoms with van der Waals surface area (Å²) in [6.07, 6.45) is 4.05. The summed E-state index contributed by atoms with van der Waals surface area (Å²) in [4.78, 5) is 0. The van der Waals surface area contributed by atoms with E-state index in [2.05, 4.69) is 43.5 Å². The summed E-state index contributed by atoms with van der Waals surface area (Å²) in [7, 11) is 0. The zero-order valence-electron chi connectivity index (χ0n) is 12.7. The number of nitrogens with one attached hydrogen (secondary N) is 2. The lowest BCUT2D eigenvalue weighted by molar-refractivity contribution is 0.352. The minimum atomic E-state index is 0.876. The number of benzene rings is 1. The van der Waals surface area contributed by atoms with E-state index in [1.54, 1.807) is 0 Å². The van der Waals surface area contributed by atoms with Crippen LogP contribution in [0.25, 0.3) is 0 Å². The maximum Gasteiger partial charge on any atom is 0.0210 e. The molecule has 1 heterocycles. The van der Waals surface area contributed by atoms with Gasteiger partial charge in [-0.05, 0) is 82.3 Å². The number of hydrogen-bond donors (Lipinski definition) is 2. The predicted molar refractivity (Wildman–Crippen MR) is 82.6 cm³/mol. The van der Waals surface area contributed by atoms with Crippen LogP contribution in [0, 0.1) is 26.7 Å². The molecule has 0 saturated carbocycles. The molecule has 0 radical (unpaired) electrons. The van der Waals surface area contributed by atoms with E-state index >= 15 is 0 Å². The second-order valence-electron chi connectivity index (χ2n) is 6.06. The summed E-state index contributed by atoms with van der Waals surface area (Å²) in [5, 5.41) is 7.11. The first-order valence-corrected chi connectivity index (χ1v) is 7.65. The molecule has 1 saturated heterocycles. The summed E-state index contributed by atoms with van der Waals surface area (Å²) in [6.45, 7) is 11.2. The Morgan fingerprint density at radius 1 is 1.21 bits per heavy atom. The predicted octanol–water partition coefficient (Wildman–Crippen LogP) is 3.09. The van der Waals surface area contributed by atoms with Crippen molar-refractivity contribution in [2.45, 2.75) is 46.6 Å². The van der Waals surface area contributed by atoms with Crippen LogP contribution >= 0.6 is 0 Å². The standard InChI is InChI=1S/C17H28N2/c1-13-9-14(2)17(15(3)10-13)12-19-8-6-16-5-4-7-18-11-16/h9-10,16,18-19H,4-8,11-12H2,1-3H3. The monoisotopic (exact) mass is 260 g/mol. The first-order chi connectivity index (χ1) is 9.16. The van der Waals surface area contributed by atoms with E-state index in [1.165, 1.54) is 54.6 Å². The Kier molecular flexibility index (Phi) is 5.41. The van der Waals surface area contributed by atoms with Crippen LogP contribution in [0.15, 0.2) is 12.1 Å². The third kappa shape index (κ3) is 4.32. The van der Waals surface area contributed by atoms with Gasteiger partial charge in [0.25, 0.3) is 0 Å². The second kappa shape index (κ2) is 7.06. The highest BCUT2D eigenvalue weighted by molar-refractivity contribution is 5.37.